The highest BCUT2D eigenvalue weighted by Gasteiger charge is 2.33. The van der Waals surface area contributed by atoms with Crippen molar-refractivity contribution in [3.63, 3.8) is 0 Å². The summed E-state index contributed by atoms with van der Waals surface area (Å²) in [7, 11) is 0. The van der Waals surface area contributed by atoms with Crippen molar-refractivity contribution in [2.24, 2.45) is 5.92 Å². The summed E-state index contributed by atoms with van der Waals surface area (Å²) in [5.41, 5.74) is 0.831. The summed E-state index contributed by atoms with van der Waals surface area (Å²) in [5.74, 6) is -1.87. The number of likely N-dealkylation sites (tertiary alicyclic amines) is 1. The molecule has 3 fully saturated rings. The minimum absolute atomic E-state index is 0.0678. The molecule has 3 heterocycles. The molecule has 0 radical (unpaired) electrons. The molecule has 3 amide bonds. The van der Waals surface area contributed by atoms with Gasteiger partial charge in [-0.15, -0.1) is 0 Å². The molecular weight excluding hydrogens is 496 g/mol. The average Bonchev–Trinajstić information content (AvgIpc) is 2.84. The van der Waals surface area contributed by atoms with Gasteiger partial charge in [-0.2, -0.15) is 0 Å². The van der Waals surface area contributed by atoms with Gasteiger partial charge in [0.05, 0.1) is 13.1 Å². The average molecular weight is 535 g/mol. The summed E-state index contributed by atoms with van der Waals surface area (Å²) in [4.78, 5) is 39.1. The minimum atomic E-state index is -0.713. The Kier molecular flexibility index (Phi) is 8.22. The lowest BCUT2D eigenvalue weighted by Crippen LogP contribution is -2.47. The molecule has 0 aromatic heterocycles. The minimum Gasteiger partial charge on any atom is -0.444 e. The van der Waals surface area contributed by atoms with Crippen LogP contribution in [0.1, 0.15) is 53.4 Å². The fourth-order valence-electron chi connectivity index (χ4n) is 5.33. The molecule has 208 valence electrons. The molecule has 11 heteroatoms. The van der Waals surface area contributed by atoms with Crippen LogP contribution in [0.3, 0.4) is 0 Å². The van der Waals surface area contributed by atoms with E-state index in [1.807, 2.05) is 20.8 Å². The van der Waals surface area contributed by atoms with Gasteiger partial charge in [0, 0.05) is 38.0 Å². The summed E-state index contributed by atoms with van der Waals surface area (Å²) in [6.07, 6.45) is 1.89. The number of nitrogens with one attached hydrogen (secondary N) is 2. The molecule has 0 saturated carbocycles. The molecule has 0 aliphatic carbocycles. The zero-order valence-electron chi connectivity index (χ0n) is 22.6. The number of nitrogens with zero attached hydrogens (tertiary/aromatic N) is 3. The molecule has 3 aliphatic heterocycles. The van der Waals surface area contributed by atoms with Crippen LogP contribution in [-0.4, -0.2) is 84.0 Å². The maximum Gasteiger partial charge on any atom is 0.410 e. The Balaban J connectivity index is 1.33. The number of imide groups is 1. The lowest BCUT2D eigenvalue weighted by atomic mass is 9.92. The lowest BCUT2D eigenvalue weighted by Gasteiger charge is -2.34. The number of rotatable bonds is 4. The van der Waals surface area contributed by atoms with Gasteiger partial charge in [0.25, 0.3) is 0 Å². The van der Waals surface area contributed by atoms with Gasteiger partial charge in [0.2, 0.25) is 11.8 Å². The number of carbonyl (C=O) groups excluding carboxylic acids is 3. The number of hydrogen-bond donors (Lipinski definition) is 2. The van der Waals surface area contributed by atoms with Crippen molar-refractivity contribution >= 4 is 35.0 Å². The Hall–Kier alpha value is -3.24. The molecule has 3 saturated heterocycles. The Labute approximate surface area is 222 Å². The van der Waals surface area contributed by atoms with E-state index in [-0.39, 0.29) is 36.2 Å². The molecule has 1 atom stereocenters. The molecule has 0 bridgehead atoms. The lowest BCUT2D eigenvalue weighted by molar-refractivity contribution is -0.532. The second-order valence-electron chi connectivity index (χ2n) is 11.3. The monoisotopic (exact) mass is 534 g/mol. The van der Waals surface area contributed by atoms with E-state index in [2.05, 4.69) is 22.1 Å². The molecule has 3 aliphatic rings. The highest BCUT2D eigenvalue weighted by atomic mass is 19.1. The predicted molar refractivity (Wildman–Crippen MR) is 140 cm³/mol. The van der Waals surface area contributed by atoms with E-state index in [0.717, 1.165) is 12.8 Å². The quantitative estimate of drug-likeness (QED) is 0.456. The Morgan fingerprint density at radius 1 is 1.05 bits per heavy atom. The molecule has 1 aromatic rings. The summed E-state index contributed by atoms with van der Waals surface area (Å²) in [5, 5.41) is 5.06. The zero-order valence-corrected chi connectivity index (χ0v) is 22.6. The van der Waals surface area contributed by atoms with Crippen molar-refractivity contribution in [1.29, 1.82) is 0 Å². The zero-order chi connectivity index (χ0) is 27.6. The van der Waals surface area contributed by atoms with Crippen molar-refractivity contribution in [3.05, 3.63) is 23.8 Å². The van der Waals surface area contributed by atoms with Crippen LogP contribution < -0.4 is 15.5 Å². The van der Waals surface area contributed by atoms with Crippen LogP contribution in [0.25, 0.3) is 0 Å². The molecular formula is C27H38F2N5O4+. The van der Waals surface area contributed by atoms with E-state index >= 15 is 8.78 Å². The van der Waals surface area contributed by atoms with E-state index in [1.54, 1.807) is 9.80 Å². The largest absolute Gasteiger partial charge is 0.444 e. The highest BCUT2D eigenvalue weighted by Crippen LogP contribution is 2.29. The normalized spacial score (nSPS) is 21.3. The molecule has 2 N–H and O–H groups in total. The summed E-state index contributed by atoms with van der Waals surface area (Å²) < 4.78 is 37.8. The Morgan fingerprint density at radius 2 is 1.66 bits per heavy atom. The first-order valence-electron chi connectivity index (χ1n) is 13.3. The number of amides is 3. The van der Waals surface area contributed by atoms with E-state index < -0.39 is 29.2 Å². The highest BCUT2D eigenvalue weighted by molar-refractivity contribution is 6.01. The molecule has 1 unspecified atom stereocenters. The third-order valence-electron chi connectivity index (χ3n) is 7.43. The number of anilines is 2. The smallest absolute Gasteiger partial charge is 0.410 e. The number of halogens is 2. The molecule has 0 spiro atoms. The first kappa shape index (κ1) is 27.8. The third-order valence-corrected chi connectivity index (χ3v) is 7.43. The Bertz CT molecular complexity index is 1090. The van der Waals surface area contributed by atoms with E-state index in [1.165, 1.54) is 17.8 Å². The van der Waals surface area contributed by atoms with Gasteiger partial charge in [-0.1, -0.05) is 0 Å². The summed E-state index contributed by atoms with van der Waals surface area (Å²) >= 11 is 0. The van der Waals surface area contributed by atoms with Crippen LogP contribution in [0.4, 0.5) is 25.0 Å². The summed E-state index contributed by atoms with van der Waals surface area (Å²) in [6.45, 7) is 11.2. The van der Waals surface area contributed by atoms with Crippen LogP contribution in [0, 0.1) is 17.6 Å². The van der Waals surface area contributed by atoms with Gasteiger partial charge in [-0.25, -0.2) is 18.2 Å². The van der Waals surface area contributed by atoms with Gasteiger partial charge in [-0.3, -0.25) is 14.9 Å². The van der Waals surface area contributed by atoms with Crippen LogP contribution in [0.2, 0.25) is 0 Å². The van der Waals surface area contributed by atoms with E-state index in [4.69, 9.17) is 4.74 Å². The van der Waals surface area contributed by atoms with Gasteiger partial charge in [-0.05, 0) is 52.2 Å². The maximum atomic E-state index is 15.0. The van der Waals surface area contributed by atoms with Crippen LogP contribution in [-0.2, 0) is 14.3 Å². The number of ether oxygens (including phenoxy) is 1. The van der Waals surface area contributed by atoms with Gasteiger partial charge in [0.15, 0.2) is 30.4 Å². The third kappa shape index (κ3) is 6.60. The van der Waals surface area contributed by atoms with Crippen molar-refractivity contribution < 1.29 is 32.5 Å². The van der Waals surface area contributed by atoms with Crippen LogP contribution in [0.15, 0.2) is 12.1 Å². The van der Waals surface area contributed by atoms with Gasteiger partial charge < -0.3 is 19.9 Å². The van der Waals surface area contributed by atoms with Crippen molar-refractivity contribution in [1.82, 2.24) is 10.2 Å². The number of piperidine rings is 2. The number of carbonyl (C=O) groups is 3. The topological polar surface area (TPSA) is 94.0 Å². The van der Waals surface area contributed by atoms with Crippen molar-refractivity contribution in [2.45, 2.75) is 65.0 Å². The second-order valence-corrected chi connectivity index (χ2v) is 11.3. The fraction of sp³-hybridized carbons (Fsp3) is 0.630. The number of piperazine rings is 1. The van der Waals surface area contributed by atoms with Crippen LogP contribution in [0.5, 0.6) is 0 Å². The summed E-state index contributed by atoms with van der Waals surface area (Å²) in [6, 6.07) is 1.68. The maximum absolute atomic E-state index is 15.0. The molecule has 38 heavy (non-hydrogen) atoms. The predicted octanol–water partition coefficient (Wildman–Crippen LogP) is 3.12. The molecule has 4 rings (SSSR count). The number of benzene rings is 1. The molecule has 1 aromatic carbocycles. The molecule has 9 nitrogen and oxygen atoms in total. The number of hydrogen-bond acceptors (Lipinski definition) is 6. The van der Waals surface area contributed by atoms with Crippen LogP contribution >= 0.6 is 0 Å². The second kappa shape index (κ2) is 11.2. The van der Waals surface area contributed by atoms with Gasteiger partial charge >= 0.3 is 6.09 Å². The first-order valence-corrected chi connectivity index (χ1v) is 13.3. The van der Waals surface area contributed by atoms with E-state index in [9.17, 15) is 14.4 Å². The fourth-order valence-corrected chi connectivity index (χ4v) is 5.33. The Morgan fingerprint density at radius 3 is 2.21 bits per heavy atom. The van der Waals surface area contributed by atoms with E-state index in [0.29, 0.717) is 45.2 Å². The van der Waals surface area contributed by atoms with Crippen molar-refractivity contribution in [3.8, 4) is 0 Å². The van der Waals surface area contributed by atoms with Crippen molar-refractivity contribution in [2.75, 3.05) is 49.5 Å². The standard InChI is InChI=1S/C27H37F2N5O4/c1-17(18-7-9-34(10-8-18)26(37)38-27(2,3)4)32-11-13-33(14-12-32)24-20(28)15-19(16-21(24)29)30-22-5-6-23(35)31-25(22)36/h15-16,18,22,30H,5-14H2,1-4H3/p+1. The first-order chi connectivity index (χ1) is 17.9. The van der Waals surface area contributed by atoms with Gasteiger partial charge in [0.1, 0.15) is 17.3 Å². The SMILES string of the molecule is CC(C1CCN(C(=O)OC(C)(C)C)CC1)=[N+]1CCN(c2c(F)cc(NC3CCC(=O)NC3=O)cc2F)CC1.